The first kappa shape index (κ1) is 12.6. The predicted molar refractivity (Wildman–Crippen MR) is 59.8 cm³/mol. The molecule has 76 valence electrons. The summed E-state index contributed by atoms with van der Waals surface area (Å²) in [6, 6.07) is 10.0. The second kappa shape index (κ2) is 8.23. The van der Waals surface area contributed by atoms with E-state index in [0.717, 1.165) is 0 Å². The second-order valence-electron chi connectivity index (χ2n) is 2.60. The van der Waals surface area contributed by atoms with E-state index in [1.165, 1.54) is 11.6 Å². The number of hydrogen-bond acceptors (Lipinski definition) is 2. The average Bonchev–Trinajstić information content (AvgIpc) is 2.30. The molecule has 0 amide bonds. The SMILES string of the molecule is C=CC(O)CO.C=Cc1ccccc1. The summed E-state index contributed by atoms with van der Waals surface area (Å²) in [5.74, 6) is 0. The van der Waals surface area contributed by atoms with Crippen molar-refractivity contribution in [2.24, 2.45) is 0 Å². The van der Waals surface area contributed by atoms with Crippen molar-refractivity contribution in [1.29, 1.82) is 0 Å². The minimum Gasteiger partial charge on any atom is -0.393 e. The van der Waals surface area contributed by atoms with Crippen LogP contribution >= 0.6 is 0 Å². The summed E-state index contributed by atoms with van der Waals surface area (Å²) in [5, 5.41) is 16.3. The summed E-state index contributed by atoms with van der Waals surface area (Å²) in [4.78, 5) is 0. The molecular formula is C12H16O2. The zero-order valence-corrected chi connectivity index (χ0v) is 8.13. The van der Waals surface area contributed by atoms with Gasteiger partial charge in [0.2, 0.25) is 0 Å². The highest BCUT2D eigenvalue weighted by Crippen LogP contribution is 1.97. The second-order valence-corrected chi connectivity index (χ2v) is 2.60. The van der Waals surface area contributed by atoms with Crippen LogP contribution in [0.2, 0.25) is 0 Å². The third-order valence-corrected chi connectivity index (χ3v) is 1.49. The molecular weight excluding hydrogens is 176 g/mol. The van der Waals surface area contributed by atoms with E-state index < -0.39 is 6.10 Å². The molecule has 0 spiro atoms. The minimum absolute atomic E-state index is 0.233. The van der Waals surface area contributed by atoms with Gasteiger partial charge in [0.1, 0.15) is 0 Å². The van der Waals surface area contributed by atoms with Gasteiger partial charge in [-0.1, -0.05) is 49.1 Å². The largest absolute Gasteiger partial charge is 0.393 e. The Morgan fingerprint density at radius 3 is 2.00 bits per heavy atom. The molecule has 14 heavy (non-hydrogen) atoms. The summed E-state index contributed by atoms with van der Waals surface area (Å²) in [6.07, 6.45) is 2.37. The van der Waals surface area contributed by atoms with E-state index >= 15 is 0 Å². The van der Waals surface area contributed by atoms with Crippen LogP contribution in [0.5, 0.6) is 0 Å². The lowest BCUT2D eigenvalue weighted by atomic mass is 10.2. The van der Waals surface area contributed by atoms with Crippen LogP contribution in [0, 0.1) is 0 Å². The first-order valence-electron chi connectivity index (χ1n) is 4.33. The zero-order chi connectivity index (χ0) is 10.8. The normalized spacial score (nSPS) is 10.7. The quantitative estimate of drug-likeness (QED) is 0.717. The van der Waals surface area contributed by atoms with Crippen LogP contribution in [0.4, 0.5) is 0 Å². The Morgan fingerprint density at radius 1 is 1.21 bits per heavy atom. The molecule has 1 atom stereocenters. The van der Waals surface area contributed by atoms with Crippen LogP contribution in [-0.4, -0.2) is 22.9 Å². The molecule has 0 radical (unpaired) electrons. The number of hydrogen-bond donors (Lipinski definition) is 2. The molecule has 0 aliphatic carbocycles. The van der Waals surface area contributed by atoms with E-state index in [4.69, 9.17) is 10.2 Å². The number of benzene rings is 1. The van der Waals surface area contributed by atoms with Crippen LogP contribution in [0.3, 0.4) is 0 Å². The maximum atomic E-state index is 8.30. The van der Waals surface area contributed by atoms with Crippen molar-refractivity contribution in [1.82, 2.24) is 0 Å². The van der Waals surface area contributed by atoms with Crippen LogP contribution in [0.15, 0.2) is 49.6 Å². The van der Waals surface area contributed by atoms with Crippen molar-refractivity contribution < 1.29 is 10.2 Å². The Hall–Kier alpha value is -1.38. The molecule has 2 nitrogen and oxygen atoms in total. The van der Waals surface area contributed by atoms with Crippen molar-refractivity contribution in [3.63, 3.8) is 0 Å². The van der Waals surface area contributed by atoms with Crippen LogP contribution in [0.1, 0.15) is 5.56 Å². The lowest BCUT2D eigenvalue weighted by Gasteiger charge is -1.93. The monoisotopic (exact) mass is 192 g/mol. The Kier molecular flexibility index (Phi) is 7.42. The van der Waals surface area contributed by atoms with Gasteiger partial charge in [0.15, 0.2) is 0 Å². The van der Waals surface area contributed by atoms with Gasteiger partial charge < -0.3 is 10.2 Å². The summed E-state index contributed by atoms with van der Waals surface area (Å²) in [6.45, 7) is 6.62. The number of aliphatic hydroxyl groups excluding tert-OH is 2. The molecule has 1 rings (SSSR count). The number of aliphatic hydroxyl groups is 2. The predicted octanol–water partition coefficient (Wildman–Crippen LogP) is 1.86. The molecule has 1 aromatic carbocycles. The highest BCUT2D eigenvalue weighted by molar-refractivity contribution is 5.45. The third kappa shape index (κ3) is 6.17. The standard InChI is InChI=1S/C8H8.C4H8O2/c1-2-8-6-4-3-5-7-8;1-2-4(6)3-5/h2-7H,1H2;2,4-6H,1,3H2. The highest BCUT2D eigenvalue weighted by atomic mass is 16.3. The Balaban J connectivity index is 0.000000255. The smallest absolute Gasteiger partial charge is 0.0949 e. The van der Waals surface area contributed by atoms with Crippen LogP contribution in [-0.2, 0) is 0 Å². The summed E-state index contributed by atoms with van der Waals surface area (Å²) >= 11 is 0. The topological polar surface area (TPSA) is 40.5 Å². The van der Waals surface area contributed by atoms with Gasteiger partial charge in [-0.25, -0.2) is 0 Å². The molecule has 1 aromatic rings. The van der Waals surface area contributed by atoms with Crippen molar-refractivity contribution in [3.8, 4) is 0 Å². The Morgan fingerprint density at radius 2 is 1.79 bits per heavy atom. The van der Waals surface area contributed by atoms with Gasteiger partial charge in [-0.15, -0.1) is 6.58 Å². The van der Waals surface area contributed by atoms with E-state index in [0.29, 0.717) is 0 Å². The first-order chi connectivity index (χ1) is 6.74. The highest BCUT2D eigenvalue weighted by Gasteiger charge is 1.87. The van der Waals surface area contributed by atoms with E-state index in [-0.39, 0.29) is 6.61 Å². The fraction of sp³-hybridized carbons (Fsp3) is 0.167. The Bertz CT molecular complexity index is 254. The molecule has 1 unspecified atom stereocenters. The van der Waals surface area contributed by atoms with Crippen molar-refractivity contribution in [2.45, 2.75) is 6.10 Å². The molecule has 0 aliphatic rings. The Labute approximate surface area is 84.8 Å². The van der Waals surface area contributed by atoms with E-state index in [2.05, 4.69) is 13.2 Å². The summed E-state index contributed by atoms with van der Waals surface area (Å²) in [5.41, 5.74) is 1.17. The summed E-state index contributed by atoms with van der Waals surface area (Å²) in [7, 11) is 0. The van der Waals surface area contributed by atoms with Gasteiger partial charge in [-0.05, 0) is 5.56 Å². The maximum Gasteiger partial charge on any atom is 0.0949 e. The first-order valence-corrected chi connectivity index (χ1v) is 4.33. The molecule has 0 bridgehead atoms. The molecule has 2 heteroatoms. The van der Waals surface area contributed by atoms with Gasteiger partial charge in [0.05, 0.1) is 12.7 Å². The molecule has 0 aliphatic heterocycles. The molecule has 0 fully saturated rings. The van der Waals surface area contributed by atoms with Crippen molar-refractivity contribution in [3.05, 3.63) is 55.1 Å². The molecule has 0 aromatic heterocycles. The van der Waals surface area contributed by atoms with Gasteiger partial charge in [-0.3, -0.25) is 0 Å². The lowest BCUT2D eigenvalue weighted by Crippen LogP contribution is -2.05. The zero-order valence-electron chi connectivity index (χ0n) is 8.13. The van der Waals surface area contributed by atoms with Crippen LogP contribution in [0.25, 0.3) is 6.08 Å². The van der Waals surface area contributed by atoms with E-state index in [9.17, 15) is 0 Å². The summed E-state index contributed by atoms with van der Waals surface area (Å²) < 4.78 is 0. The maximum absolute atomic E-state index is 8.30. The van der Waals surface area contributed by atoms with Gasteiger partial charge >= 0.3 is 0 Å². The minimum atomic E-state index is -0.745. The van der Waals surface area contributed by atoms with E-state index in [1.54, 1.807) is 0 Å². The van der Waals surface area contributed by atoms with Gasteiger partial charge in [0, 0.05) is 0 Å². The number of rotatable bonds is 3. The third-order valence-electron chi connectivity index (χ3n) is 1.49. The van der Waals surface area contributed by atoms with Gasteiger partial charge in [0.25, 0.3) is 0 Å². The molecule has 0 heterocycles. The van der Waals surface area contributed by atoms with Crippen molar-refractivity contribution >= 4 is 6.08 Å². The van der Waals surface area contributed by atoms with Crippen molar-refractivity contribution in [2.75, 3.05) is 6.61 Å². The fourth-order valence-electron chi connectivity index (χ4n) is 0.664. The van der Waals surface area contributed by atoms with Crippen LogP contribution < -0.4 is 0 Å². The molecule has 2 N–H and O–H groups in total. The lowest BCUT2D eigenvalue weighted by molar-refractivity contribution is 0.131. The van der Waals surface area contributed by atoms with E-state index in [1.807, 2.05) is 36.4 Å². The molecule has 0 saturated carbocycles. The molecule has 0 saturated heterocycles. The fourth-order valence-corrected chi connectivity index (χ4v) is 0.664. The van der Waals surface area contributed by atoms with Gasteiger partial charge in [-0.2, -0.15) is 0 Å². The average molecular weight is 192 g/mol.